The summed E-state index contributed by atoms with van der Waals surface area (Å²) in [4.78, 5) is 25.5. The number of carbonyl (C=O) groups is 2. The summed E-state index contributed by atoms with van der Waals surface area (Å²) in [6.45, 7) is 6.83. The van der Waals surface area contributed by atoms with Gasteiger partial charge in [0.1, 0.15) is 0 Å². The lowest BCUT2D eigenvalue weighted by molar-refractivity contribution is -0.134. The van der Waals surface area contributed by atoms with Crippen molar-refractivity contribution in [2.75, 3.05) is 26.2 Å². The van der Waals surface area contributed by atoms with Crippen LogP contribution in [0, 0.1) is 0 Å². The van der Waals surface area contributed by atoms with Gasteiger partial charge in [-0.1, -0.05) is 37.6 Å². The summed E-state index contributed by atoms with van der Waals surface area (Å²) in [5.74, 6) is 0.249. The summed E-state index contributed by atoms with van der Waals surface area (Å²) in [7, 11) is 0. The second kappa shape index (κ2) is 11.9. The molecular formula is C20H32ClN3O2. The fourth-order valence-electron chi connectivity index (χ4n) is 3.26. The van der Waals surface area contributed by atoms with E-state index in [9.17, 15) is 9.59 Å². The van der Waals surface area contributed by atoms with E-state index in [2.05, 4.69) is 41.8 Å². The number of aryl methyl sites for hydroxylation is 1. The molecule has 1 saturated heterocycles. The van der Waals surface area contributed by atoms with Crippen LogP contribution in [0.15, 0.2) is 24.3 Å². The molecule has 26 heavy (non-hydrogen) atoms. The molecular weight excluding hydrogens is 350 g/mol. The van der Waals surface area contributed by atoms with Crippen molar-refractivity contribution in [2.24, 2.45) is 0 Å². The molecule has 0 radical (unpaired) electrons. The smallest absolute Gasteiger partial charge is 0.223 e. The van der Waals surface area contributed by atoms with E-state index in [-0.39, 0.29) is 30.3 Å². The van der Waals surface area contributed by atoms with Crippen molar-refractivity contribution >= 4 is 24.2 Å². The molecule has 1 aliphatic heterocycles. The van der Waals surface area contributed by atoms with Crippen molar-refractivity contribution in [3.63, 3.8) is 0 Å². The summed E-state index contributed by atoms with van der Waals surface area (Å²) in [5, 5.41) is 6.20. The lowest BCUT2D eigenvalue weighted by atomic mass is 10.00. The molecule has 2 amide bonds. The van der Waals surface area contributed by atoms with Gasteiger partial charge in [-0.05, 0) is 30.4 Å². The topological polar surface area (TPSA) is 61.4 Å². The number of nitrogens with zero attached hydrogens (tertiary/aromatic N) is 1. The van der Waals surface area contributed by atoms with E-state index in [0.717, 1.165) is 45.3 Å². The van der Waals surface area contributed by atoms with Crippen LogP contribution in [0.1, 0.15) is 56.7 Å². The minimum atomic E-state index is 0. The van der Waals surface area contributed by atoms with E-state index < -0.39 is 0 Å². The Bertz CT molecular complexity index is 563. The third-order valence-corrected chi connectivity index (χ3v) is 4.78. The summed E-state index contributed by atoms with van der Waals surface area (Å²) >= 11 is 0. The minimum Gasteiger partial charge on any atom is -0.356 e. The molecule has 0 spiro atoms. The summed E-state index contributed by atoms with van der Waals surface area (Å²) in [5.41, 5.74) is 2.54. The first-order valence-electron chi connectivity index (χ1n) is 9.45. The third-order valence-electron chi connectivity index (χ3n) is 4.78. The lowest BCUT2D eigenvalue weighted by Gasteiger charge is -2.36. The zero-order valence-electron chi connectivity index (χ0n) is 15.9. The van der Waals surface area contributed by atoms with E-state index in [1.54, 1.807) is 0 Å². The van der Waals surface area contributed by atoms with Crippen LogP contribution >= 0.6 is 12.4 Å². The highest BCUT2D eigenvalue weighted by molar-refractivity contribution is 5.85. The van der Waals surface area contributed by atoms with Gasteiger partial charge in [0.05, 0.1) is 6.04 Å². The van der Waals surface area contributed by atoms with Crippen molar-refractivity contribution < 1.29 is 9.59 Å². The summed E-state index contributed by atoms with van der Waals surface area (Å²) in [6, 6.07) is 8.77. The van der Waals surface area contributed by atoms with Crippen molar-refractivity contribution in [3.8, 4) is 0 Å². The van der Waals surface area contributed by atoms with Crippen molar-refractivity contribution in [3.05, 3.63) is 35.4 Å². The normalized spacial score (nSPS) is 16.7. The molecule has 1 heterocycles. The number of benzene rings is 1. The maximum atomic E-state index is 12.7. The highest BCUT2D eigenvalue weighted by Gasteiger charge is 2.27. The minimum absolute atomic E-state index is 0. The fraction of sp³-hybridized carbons (Fsp3) is 0.600. The molecule has 0 saturated carbocycles. The summed E-state index contributed by atoms with van der Waals surface area (Å²) in [6.07, 6.45) is 4.39. The molecule has 6 heteroatoms. The Hall–Kier alpha value is -1.59. The Morgan fingerprint density at radius 1 is 1.19 bits per heavy atom. The molecule has 5 nitrogen and oxygen atoms in total. The molecule has 0 bridgehead atoms. The number of halogens is 1. The second-order valence-corrected chi connectivity index (χ2v) is 6.70. The van der Waals surface area contributed by atoms with Gasteiger partial charge >= 0.3 is 0 Å². The van der Waals surface area contributed by atoms with Crippen LogP contribution in [0.2, 0.25) is 0 Å². The first-order valence-corrected chi connectivity index (χ1v) is 9.45. The van der Waals surface area contributed by atoms with E-state index in [4.69, 9.17) is 0 Å². The lowest BCUT2D eigenvalue weighted by Crippen LogP contribution is -2.48. The Kier molecular flexibility index (Phi) is 10.3. The number of amides is 2. The summed E-state index contributed by atoms with van der Waals surface area (Å²) < 4.78 is 0. The van der Waals surface area contributed by atoms with E-state index >= 15 is 0 Å². The van der Waals surface area contributed by atoms with Crippen LogP contribution in [0.5, 0.6) is 0 Å². The van der Waals surface area contributed by atoms with Gasteiger partial charge in [0, 0.05) is 39.5 Å². The van der Waals surface area contributed by atoms with Crippen molar-refractivity contribution in [2.45, 2.75) is 52.0 Å². The largest absolute Gasteiger partial charge is 0.356 e. The molecule has 1 aromatic carbocycles. The maximum Gasteiger partial charge on any atom is 0.223 e. The van der Waals surface area contributed by atoms with Gasteiger partial charge in [-0.25, -0.2) is 0 Å². The predicted octanol–water partition coefficient (Wildman–Crippen LogP) is 2.84. The second-order valence-electron chi connectivity index (χ2n) is 6.70. The van der Waals surface area contributed by atoms with E-state index in [0.29, 0.717) is 13.0 Å². The Morgan fingerprint density at radius 2 is 1.92 bits per heavy atom. The molecule has 1 aromatic rings. The van der Waals surface area contributed by atoms with Crippen molar-refractivity contribution in [1.29, 1.82) is 0 Å². The quantitative estimate of drug-likeness (QED) is 0.680. The number of nitrogens with one attached hydrogen (secondary N) is 2. The molecule has 146 valence electrons. The van der Waals surface area contributed by atoms with Crippen LogP contribution in [0.25, 0.3) is 0 Å². The van der Waals surface area contributed by atoms with Gasteiger partial charge in [-0.3, -0.25) is 9.59 Å². The number of rotatable bonds is 8. The number of hydrogen-bond donors (Lipinski definition) is 2. The Morgan fingerprint density at radius 3 is 2.58 bits per heavy atom. The van der Waals surface area contributed by atoms with Crippen LogP contribution in [-0.4, -0.2) is 42.9 Å². The highest BCUT2D eigenvalue weighted by Crippen LogP contribution is 2.24. The first kappa shape index (κ1) is 22.5. The fourth-order valence-corrected chi connectivity index (χ4v) is 3.26. The van der Waals surface area contributed by atoms with Crippen LogP contribution < -0.4 is 10.6 Å². The van der Waals surface area contributed by atoms with E-state index in [1.165, 1.54) is 18.1 Å². The van der Waals surface area contributed by atoms with Crippen LogP contribution in [0.4, 0.5) is 0 Å². The van der Waals surface area contributed by atoms with Crippen molar-refractivity contribution in [1.82, 2.24) is 15.5 Å². The molecule has 2 rings (SSSR count). The predicted molar refractivity (Wildman–Crippen MR) is 108 cm³/mol. The average Bonchev–Trinajstić information content (AvgIpc) is 2.64. The number of unbranched alkanes of at least 4 members (excludes halogenated alkanes) is 2. The molecule has 0 aliphatic carbocycles. The van der Waals surface area contributed by atoms with Gasteiger partial charge in [0.25, 0.3) is 0 Å². The zero-order chi connectivity index (χ0) is 18.1. The number of carbonyl (C=O) groups excluding carboxylic acids is 2. The average molecular weight is 382 g/mol. The molecule has 1 unspecified atom stereocenters. The number of piperazine rings is 1. The number of hydrogen-bond acceptors (Lipinski definition) is 3. The Balaban J connectivity index is 0.00000338. The standard InChI is InChI=1S/C20H31N3O2.ClH/c1-3-17-8-10-18(11-9-17)19-15-21-13-14-23(19)20(25)7-5-4-6-12-22-16(2)24;/h8-11,19,21H,3-7,12-15H2,1-2H3,(H,22,24);1H. The van der Waals surface area contributed by atoms with Gasteiger partial charge in [0.2, 0.25) is 11.8 Å². The highest BCUT2D eigenvalue weighted by atomic mass is 35.5. The molecule has 2 N–H and O–H groups in total. The molecule has 1 aliphatic rings. The van der Waals surface area contributed by atoms with Gasteiger partial charge in [-0.2, -0.15) is 0 Å². The molecule has 0 aromatic heterocycles. The van der Waals surface area contributed by atoms with Gasteiger partial charge in [-0.15, -0.1) is 12.4 Å². The van der Waals surface area contributed by atoms with E-state index in [1.807, 2.05) is 4.90 Å². The molecule has 1 atom stereocenters. The SMILES string of the molecule is CCc1ccc(C2CNCCN2C(=O)CCCCCNC(C)=O)cc1.Cl. The van der Waals surface area contributed by atoms with Crippen LogP contribution in [-0.2, 0) is 16.0 Å². The Labute approximate surface area is 163 Å². The van der Waals surface area contributed by atoms with Gasteiger partial charge in [0.15, 0.2) is 0 Å². The van der Waals surface area contributed by atoms with Gasteiger partial charge < -0.3 is 15.5 Å². The molecule has 1 fully saturated rings. The monoisotopic (exact) mass is 381 g/mol. The maximum absolute atomic E-state index is 12.7. The zero-order valence-corrected chi connectivity index (χ0v) is 16.7. The third kappa shape index (κ3) is 6.96. The first-order chi connectivity index (χ1) is 12.1. The van der Waals surface area contributed by atoms with Crippen LogP contribution in [0.3, 0.4) is 0 Å².